The molecule has 1 aromatic heterocycles. The first-order valence-electron chi connectivity index (χ1n) is 5.91. The van der Waals surface area contributed by atoms with Crippen molar-refractivity contribution in [3.05, 3.63) is 39.9 Å². The molecule has 0 aliphatic carbocycles. The van der Waals surface area contributed by atoms with Gasteiger partial charge in [-0.15, -0.1) is 11.3 Å². The Morgan fingerprint density at radius 3 is 2.72 bits per heavy atom. The minimum atomic E-state index is 0.814. The second-order valence-electron chi connectivity index (χ2n) is 4.26. The number of rotatable bonds is 4. The fourth-order valence-corrected chi connectivity index (χ4v) is 2.71. The van der Waals surface area contributed by atoms with Crippen LogP contribution in [-0.2, 0) is 6.42 Å². The Morgan fingerprint density at radius 1 is 1.33 bits per heavy atom. The minimum Gasteiger partial charge on any atom is -0.496 e. The van der Waals surface area contributed by atoms with E-state index in [2.05, 4.69) is 36.3 Å². The number of nitrogens with one attached hydrogen (secondary N) is 1. The molecule has 3 nitrogen and oxygen atoms in total. The molecule has 0 saturated heterocycles. The largest absolute Gasteiger partial charge is 0.496 e. The van der Waals surface area contributed by atoms with Crippen LogP contribution < -0.4 is 10.1 Å². The van der Waals surface area contributed by atoms with Gasteiger partial charge in [-0.1, -0.05) is 17.7 Å². The first kappa shape index (κ1) is 12.9. The van der Waals surface area contributed by atoms with Gasteiger partial charge in [0.2, 0.25) is 0 Å². The van der Waals surface area contributed by atoms with E-state index in [-0.39, 0.29) is 0 Å². The smallest absolute Gasteiger partial charge is 0.182 e. The molecule has 0 unspecified atom stereocenters. The van der Waals surface area contributed by atoms with Gasteiger partial charge < -0.3 is 10.1 Å². The number of aryl methyl sites for hydroxylation is 2. The molecule has 0 spiro atoms. The fourth-order valence-electron chi connectivity index (χ4n) is 1.92. The number of ether oxygens (including phenoxy) is 1. The molecule has 0 bridgehead atoms. The molecule has 1 heterocycles. The molecule has 2 rings (SSSR count). The zero-order chi connectivity index (χ0) is 13.1. The Labute approximate surface area is 112 Å². The van der Waals surface area contributed by atoms with Crippen LogP contribution in [0.1, 0.15) is 21.7 Å². The summed E-state index contributed by atoms with van der Waals surface area (Å²) in [5.41, 5.74) is 3.55. The van der Waals surface area contributed by atoms with Crippen LogP contribution in [0.5, 0.6) is 5.75 Å². The van der Waals surface area contributed by atoms with Crippen LogP contribution in [-0.4, -0.2) is 19.1 Å². The maximum Gasteiger partial charge on any atom is 0.182 e. The molecule has 0 fully saturated rings. The highest BCUT2D eigenvalue weighted by molar-refractivity contribution is 7.15. The van der Waals surface area contributed by atoms with E-state index in [0.29, 0.717) is 0 Å². The van der Waals surface area contributed by atoms with Crippen molar-refractivity contribution < 1.29 is 4.74 Å². The molecule has 4 heteroatoms. The van der Waals surface area contributed by atoms with Crippen molar-refractivity contribution in [3.8, 4) is 5.75 Å². The molecule has 0 amide bonds. The van der Waals surface area contributed by atoms with E-state index >= 15 is 0 Å². The molecule has 0 radical (unpaired) electrons. The van der Waals surface area contributed by atoms with E-state index < -0.39 is 0 Å². The van der Waals surface area contributed by atoms with Crippen LogP contribution in [0.15, 0.2) is 18.2 Å². The highest BCUT2D eigenvalue weighted by Gasteiger charge is 2.10. The zero-order valence-electron chi connectivity index (χ0n) is 11.2. The van der Waals surface area contributed by atoms with Crippen LogP contribution in [0.3, 0.4) is 0 Å². The second-order valence-corrected chi connectivity index (χ2v) is 5.47. The number of benzene rings is 1. The molecular weight excluding hydrogens is 244 g/mol. The summed E-state index contributed by atoms with van der Waals surface area (Å²) in [6.45, 7) is 4.20. The first-order chi connectivity index (χ1) is 8.63. The van der Waals surface area contributed by atoms with Crippen molar-refractivity contribution in [2.75, 3.05) is 19.5 Å². The van der Waals surface area contributed by atoms with E-state index in [4.69, 9.17) is 4.74 Å². The number of hydrogen-bond donors (Lipinski definition) is 1. The molecular formula is C14H18N2OS. The third kappa shape index (κ3) is 2.64. The maximum absolute atomic E-state index is 5.41. The molecule has 0 atom stereocenters. The van der Waals surface area contributed by atoms with Gasteiger partial charge >= 0.3 is 0 Å². The minimum absolute atomic E-state index is 0.814. The van der Waals surface area contributed by atoms with Crippen LogP contribution in [0.4, 0.5) is 5.13 Å². The number of anilines is 1. The normalized spacial score (nSPS) is 10.4. The van der Waals surface area contributed by atoms with Gasteiger partial charge in [0.25, 0.3) is 0 Å². The molecule has 0 aliphatic rings. The quantitative estimate of drug-likeness (QED) is 0.917. The van der Waals surface area contributed by atoms with Gasteiger partial charge in [-0.3, -0.25) is 0 Å². The van der Waals surface area contributed by atoms with E-state index in [1.165, 1.54) is 16.0 Å². The standard InChI is InChI=1S/C14H18N2OS/c1-9-5-6-13(17-4)11(7-9)8-12-10(2)18-14(15-3)16-12/h5-7H,8H2,1-4H3,(H,15,16). The first-order valence-corrected chi connectivity index (χ1v) is 6.73. The van der Waals surface area contributed by atoms with Crippen molar-refractivity contribution in [2.24, 2.45) is 0 Å². The summed E-state index contributed by atoms with van der Waals surface area (Å²) in [5, 5.41) is 4.06. The van der Waals surface area contributed by atoms with Crippen molar-refractivity contribution >= 4 is 16.5 Å². The van der Waals surface area contributed by atoms with Gasteiger partial charge in [0.05, 0.1) is 12.8 Å². The van der Waals surface area contributed by atoms with Crippen molar-refractivity contribution in [3.63, 3.8) is 0 Å². The lowest BCUT2D eigenvalue weighted by molar-refractivity contribution is 0.410. The zero-order valence-corrected chi connectivity index (χ0v) is 12.0. The van der Waals surface area contributed by atoms with E-state index in [0.717, 1.165) is 23.0 Å². The Balaban J connectivity index is 2.32. The Morgan fingerprint density at radius 2 is 2.11 bits per heavy atom. The number of aromatic nitrogens is 1. The highest BCUT2D eigenvalue weighted by Crippen LogP contribution is 2.27. The van der Waals surface area contributed by atoms with Gasteiger partial charge in [-0.05, 0) is 19.9 Å². The maximum atomic E-state index is 5.41. The topological polar surface area (TPSA) is 34.2 Å². The predicted octanol–water partition coefficient (Wildman–Crippen LogP) is 3.40. The Hall–Kier alpha value is -1.55. The summed E-state index contributed by atoms with van der Waals surface area (Å²) >= 11 is 1.69. The summed E-state index contributed by atoms with van der Waals surface area (Å²) in [5.74, 6) is 0.930. The lowest BCUT2D eigenvalue weighted by atomic mass is 10.1. The average Bonchev–Trinajstić information content (AvgIpc) is 2.71. The lowest BCUT2D eigenvalue weighted by Gasteiger charge is -2.08. The lowest BCUT2D eigenvalue weighted by Crippen LogP contribution is -1.96. The molecule has 2 aromatic rings. The Bertz CT molecular complexity index is 549. The molecule has 18 heavy (non-hydrogen) atoms. The van der Waals surface area contributed by atoms with Gasteiger partial charge in [0, 0.05) is 23.9 Å². The summed E-state index contributed by atoms with van der Waals surface area (Å²) in [6.07, 6.45) is 0.814. The fraction of sp³-hybridized carbons (Fsp3) is 0.357. The summed E-state index contributed by atoms with van der Waals surface area (Å²) in [6, 6.07) is 6.25. The van der Waals surface area contributed by atoms with Crippen LogP contribution in [0.25, 0.3) is 0 Å². The monoisotopic (exact) mass is 262 g/mol. The number of thiazole rings is 1. The molecule has 96 valence electrons. The number of methoxy groups -OCH3 is 1. The molecule has 1 N–H and O–H groups in total. The third-order valence-electron chi connectivity index (χ3n) is 2.90. The van der Waals surface area contributed by atoms with Gasteiger partial charge in [0.15, 0.2) is 5.13 Å². The molecule has 0 aliphatic heterocycles. The number of nitrogens with zero attached hydrogens (tertiary/aromatic N) is 1. The third-order valence-corrected chi connectivity index (χ3v) is 3.93. The van der Waals surface area contributed by atoms with Gasteiger partial charge in [0.1, 0.15) is 5.75 Å². The van der Waals surface area contributed by atoms with E-state index in [1.807, 2.05) is 13.1 Å². The van der Waals surface area contributed by atoms with Crippen molar-refractivity contribution in [1.29, 1.82) is 0 Å². The van der Waals surface area contributed by atoms with Crippen molar-refractivity contribution in [2.45, 2.75) is 20.3 Å². The number of hydrogen-bond acceptors (Lipinski definition) is 4. The van der Waals surface area contributed by atoms with Crippen LogP contribution in [0.2, 0.25) is 0 Å². The Kier molecular flexibility index (Phi) is 3.87. The van der Waals surface area contributed by atoms with Crippen molar-refractivity contribution in [1.82, 2.24) is 4.98 Å². The molecule has 1 aromatic carbocycles. The SMILES string of the molecule is CNc1nc(Cc2cc(C)ccc2OC)c(C)s1. The predicted molar refractivity (Wildman–Crippen MR) is 76.9 cm³/mol. The van der Waals surface area contributed by atoms with Gasteiger partial charge in [-0.25, -0.2) is 4.98 Å². The van der Waals surface area contributed by atoms with E-state index in [9.17, 15) is 0 Å². The highest BCUT2D eigenvalue weighted by atomic mass is 32.1. The second kappa shape index (κ2) is 5.40. The van der Waals surface area contributed by atoms with E-state index in [1.54, 1.807) is 18.4 Å². The summed E-state index contributed by atoms with van der Waals surface area (Å²) in [4.78, 5) is 5.83. The average molecular weight is 262 g/mol. The van der Waals surface area contributed by atoms with Gasteiger partial charge in [-0.2, -0.15) is 0 Å². The summed E-state index contributed by atoms with van der Waals surface area (Å²) in [7, 11) is 3.61. The molecule has 0 saturated carbocycles. The van der Waals surface area contributed by atoms with Crippen LogP contribution in [0, 0.1) is 13.8 Å². The summed E-state index contributed by atoms with van der Waals surface area (Å²) < 4.78 is 5.41. The van der Waals surface area contributed by atoms with Crippen LogP contribution >= 0.6 is 11.3 Å².